The molecular weight excluding hydrogens is 1330 g/mol. The predicted molar refractivity (Wildman–Crippen MR) is 388 cm³/mol. The number of carbonyl (C=O) groups is 10. The van der Waals surface area contributed by atoms with Gasteiger partial charge in [-0.1, -0.05) is 46.2 Å². The van der Waals surface area contributed by atoms with Gasteiger partial charge in [0.2, 0.25) is 17.7 Å². The third-order valence-electron chi connectivity index (χ3n) is 18.2. The highest BCUT2D eigenvalue weighted by Gasteiger charge is 2.38. The number of hydrogen-bond acceptors (Lipinski definition) is 15. The van der Waals surface area contributed by atoms with Crippen molar-refractivity contribution in [3.8, 4) is 11.5 Å². The number of anilines is 3. The molecule has 3 aromatic heterocycles. The number of hydrogen-bond donors (Lipinski definition) is 8. The first-order valence-electron chi connectivity index (χ1n) is 34.0. The maximum atomic E-state index is 14.7. The van der Waals surface area contributed by atoms with Crippen LogP contribution in [0.1, 0.15) is 123 Å². The minimum atomic E-state index is -1.09. The average molecular weight is 1420 g/mol. The lowest BCUT2D eigenvalue weighted by Gasteiger charge is -2.33. The first-order chi connectivity index (χ1) is 48.3. The number of halogens is 1. The van der Waals surface area contributed by atoms with Gasteiger partial charge in [0.25, 0.3) is 23.6 Å². The molecule has 1 fully saturated rings. The summed E-state index contributed by atoms with van der Waals surface area (Å²) in [6, 6.07) is 20.2. The van der Waals surface area contributed by atoms with E-state index in [1.54, 1.807) is 87.4 Å². The Labute approximate surface area is 594 Å². The lowest BCUT2D eigenvalue weighted by atomic mass is 9.92. The second-order valence-corrected chi connectivity index (χ2v) is 28.4. The molecule has 7 aromatic rings. The highest BCUT2D eigenvalue weighted by atomic mass is 35.5. The molecule has 536 valence electrons. The molecule has 0 bridgehead atoms. The molecule has 3 aliphatic heterocycles. The fourth-order valence-corrected chi connectivity index (χ4v) is 14.4. The first kappa shape index (κ1) is 73.7. The number of primary amides is 1. The zero-order chi connectivity index (χ0) is 72.2. The second-order valence-electron chi connectivity index (χ2n) is 27.2. The zero-order valence-electron chi connectivity index (χ0n) is 57.9. The summed E-state index contributed by atoms with van der Waals surface area (Å²) in [6.45, 7) is 13.9. The number of urea groups is 1. The number of thiophene rings is 1. The molecule has 28 heteroatoms. The Morgan fingerprint density at radius 2 is 1.45 bits per heavy atom. The number of amides is 11. The van der Waals surface area contributed by atoms with Crippen molar-refractivity contribution in [2.24, 2.45) is 17.1 Å². The molecular formula is C73H88ClN13O13S. The van der Waals surface area contributed by atoms with Crippen molar-refractivity contribution < 1.29 is 62.2 Å². The highest BCUT2D eigenvalue weighted by Crippen LogP contribution is 2.49. The Morgan fingerprint density at radius 3 is 2.15 bits per heavy atom. The number of carbonyl (C=O) groups excluding carboxylic acids is 10. The van der Waals surface area contributed by atoms with Crippen molar-refractivity contribution in [2.45, 2.75) is 111 Å². The zero-order valence-corrected chi connectivity index (χ0v) is 59.5. The van der Waals surface area contributed by atoms with E-state index in [4.69, 9.17) is 31.5 Å². The van der Waals surface area contributed by atoms with Crippen LogP contribution in [0.25, 0.3) is 31.9 Å². The van der Waals surface area contributed by atoms with E-state index in [0.717, 1.165) is 62.4 Å². The fraction of sp³-hybridized carbons (Fsp3) is 0.425. The van der Waals surface area contributed by atoms with Crippen LogP contribution in [0.5, 0.6) is 11.5 Å². The SMILES string of the molecule is Cc1csc2c(OC(=O)N(C)CC(C)(C)CN(C)C(=O)OCc3ccc(NC(=O)[C@H](CCCNC(N)=O)NC(=O)[C@@H](NC(=O)CCCCCN4C(=O)C=CC4=O)C(C)C)cc3)cc3c(c12)[C@@H](CCl)CN3C(=O)c1cc2cc(NC(=O)c3cc4cc(OCCN5CCCC5)ccc4[nH]3)ccc2[nH]1. The number of rotatable bonds is 31. The second kappa shape index (κ2) is 33.0. The van der Waals surface area contributed by atoms with Gasteiger partial charge in [0.15, 0.2) is 5.75 Å². The standard InChI is InChI=1S/C73H88ClN13O13S/c1-43(2)64(82-59(88)15-9-8-10-29-86-60(89)24-25-61(86)90)68(93)81-54(14-13-26-76-70(75)95)66(91)77-49-18-16-45(17-19-49)39-99-71(96)83(6)41-73(4,5)42-84(7)72(97)100-58-36-57-63(62-44(3)40-101-65(58)62)48(37-74)38-87(57)69(94)56-35-46-32-50(20-22-52(46)80-56)78-67(92)55-34-47-33-51(21-23-53(47)79-55)98-31-30-85-27-11-12-28-85/h16-25,32-36,40,43,48,54,64,79-80H,8-15,26-31,37-39,41-42H2,1-7H3,(H,77,91)(H,78,92)(H,81,93)(H,82,88)(H3,75,76,95)/t48-,54-,64-/m0/s1. The summed E-state index contributed by atoms with van der Waals surface area (Å²) in [5, 5.41) is 18.2. The number of aryl methyl sites for hydroxylation is 1. The Balaban J connectivity index is 0.705. The van der Waals surface area contributed by atoms with Gasteiger partial charge in [-0.05, 0) is 147 Å². The average Bonchev–Trinajstić information content (AvgIpc) is 1.58. The van der Waals surface area contributed by atoms with Crippen LogP contribution in [0.3, 0.4) is 0 Å². The van der Waals surface area contributed by atoms with E-state index >= 15 is 0 Å². The first-order valence-corrected chi connectivity index (χ1v) is 35.4. The Morgan fingerprint density at radius 1 is 0.772 bits per heavy atom. The summed E-state index contributed by atoms with van der Waals surface area (Å²) in [5.74, 6) is -2.24. The molecule has 10 rings (SSSR count). The lowest BCUT2D eigenvalue weighted by Crippen LogP contribution is -2.54. The number of aromatic nitrogens is 2. The summed E-state index contributed by atoms with van der Waals surface area (Å²) in [5.41, 5.74) is 10.7. The van der Waals surface area contributed by atoms with Gasteiger partial charge < -0.3 is 71.2 Å². The maximum Gasteiger partial charge on any atom is 0.415 e. The largest absolute Gasteiger partial charge is 0.492 e. The van der Waals surface area contributed by atoms with Crippen molar-refractivity contribution >= 4 is 131 Å². The van der Waals surface area contributed by atoms with Crippen LogP contribution >= 0.6 is 22.9 Å². The normalized spacial score (nSPS) is 15.1. The Bertz CT molecular complexity index is 4270. The van der Waals surface area contributed by atoms with E-state index in [2.05, 4.69) is 41.5 Å². The van der Waals surface area contributed by atoms with E-state index in [1.807, 2.05) is 50.4 Å². The molecule has 1 saturated heterocycles. The van der Waals surface area contributed by atoms with Gasteiger partial charge in [0.05, 0.1) is 10.4 Å². The molecule has 3 aliphatic rings. The van der Waals surface area contributed by atoms with Gasteiger partial charge in [-0.25, -0.2) is 14.4 Å². The maximum absolute atomic E-state index is 14.7. The van der Waals surface area contributed by atoms with E-state index in [9.17, 15) is 47.9 Å². The number of nitrogens with zero attached hydrogens (tertiary/aromatic N) is 5. The van der Waals surface area contributed by atoms with Gasteiger partial charge >= 0.3 is 18.2 Å². The van der Waals surface area contributed by atoms with Crippen LogP contribution in [0.4, 0.5) is 31.4 Å². The van der Waals surface area contributed by atoms with Crippen molar-refractivity contribution in [1.82, 2.24) is 45.5 Å². The summed E-state index contributed by atoms with van der Waals surface area (Å²) in [6.07, 6.45) is 5.62. The van der Waals surface area contributed by atoms with Crippen LogP contribution in [-0.2, 0) is 35.3 Å². The summed E-state index contributed by atoms with van der Waals surface area (Å²) in [7, 11) is 3.20. The molecule has 3 atom stereocenters. The fourth-order valence-electron chi connectivity index (χ4n) is 13.1. The number of nitrogens with one attached hydrogen (secondary N) is 7. The van der Waals surface area contributed by atoms with E-state index in [0.29, 0.717) is 70.8 Å². The van der Waals surface area contributed by atoms with Crippen molar-refractivity contribution in [2.75, 3.05) is 94.5 Å². The molecule has 11 amide bonds. The monoisotopic (exact) mass is 1420 g/mol. The van der Waals surface area contributed by atoms with Gasteiger partial charge in [0, 0.05) is 134 Å². The molecule has 0 spiro atoms. The molecule has 0 saturated carbocycles. The van der Waals surface area contributed by atoms with E-state index < -0.39 is 47.5 Å². The van der Waals surface area contributed by atoms with Crippen LogP contribution in [0, 0.1) is 18.3 Å². The van der Waals surface area contributed by atoms with Gasteiger partial charge in [-0.3, -0.25) is 43.4 Å². The minimum absolute atomic E-state index is 0.0983. The number of likely N-dealkylation sites (tertiary alicyclic amines) is 1. The van der Waals surface area contributed by atoms with Crippen molar-refractivity contribution in [3.63, 3.8) is 0 Å². The highest BCUT2D eigenvalue weighted by molar-refractivity contribution is 7.17. The van der Waals surface area contributed by atoms with Crippen molar-refractivity contribution in [3.05, 3.63) is 124 Å². The van der Waals surface area contributed by atoms with Gasteiger partial charge in [0.1, 0.15) is 42.4 Å². The number of aromatic amines is 2. The number of alkyl halides is 1. The number of H-pyrrole nitrogens is 2. The molecule has 101 heavy (non-hydrogen) atoms. The number of ether oxygens (including phenoxy) is 3. The van der Waals surface area contributed by atoms with Crippen LogP contribution in [0.2, 0.25) is 0 Å². The number of imide groups is 1. The Kier molecular flexibility index (Phi) is 24.1. The molecule has 0 aliphatic carbocycles. The van der Waals surface area contributed by atoms with Gasteiger partial charge in [-0.15, -0.1) is 22.9 Å². The molecule has 0 radical (unpaired) electrons. The van der Waals surface area contributed by atoms with Crippen LogP contribution in [0.15, 0.2) is 96.4 Å². The lowest BCUT2D eigenvalue weighted by molar-refractivity contribution is -0.137. The number of fused-ring (bicyclic) bond motifs is 5. The molecule has 6 heterocycles. The van der Waals surface area contributed by atoms with Crippen molar-refractivity contribution in [1.29, 1.82) is 0 Å². The quantitative estimate of drug-likeness (QED) is 0.0114. The van der Waals surface area contributed by atoms with E-state index in [-0.39, 0.29) is 112 Å². The topological polar surface area (TPSA) is 332 Å². The molecule has 9 N–H and O–H groups in total. The number of nitrogens with two attached hydrogens (primary N) is 1. The third-order valence-corrected chi connectivity index (χ3v) is 19.6. The predicted octanol–water partition coefficient (Wildman–Crippen LogP) is 10.1. The summed E-state index contributed by atoms with van der Waals surface area (Å²) in [4.78, 5) is 146. The Hall–Kier alpha value is -9.99. The minimum Gasteiger partial charge on any atom is -0.492 e. The summed E-state index contributed by atoms with van der Waals surface area (Å²) < 4.78 is 18.7. The molecule has 26 nitrogen and oxygen atoms in total. The van der Waals surface area contributed by atoms with Crippen LogP contribution < -0.4 is 46.7 Å². The summed E-state index contributed by atoms with van der Waals surface area (Å²) >= 11 is 8.11. The molecule has 0 unspecified atom stereocenters. The van der Waals surface area contributed by atoms with Crippen LogP contribution in [-0.4, -0.2) is 180 Å². The third kappa shape index (κ3) is 18.7. The number of benzene rings is 4. The van der Waals surface area contributed by atoms with Gasteiger partial charge in [-0.2, -0.15) is 0 Å². The number of unbranched alkanes of at least 4 members (excludes halogenated alkanes) is 2. The smallest absolute Gasteiger partial charge is 0.415 e. The molecule has 4 aromatic carbocycles. The van der Waals surface area contributed by atoms with E-state index in [1.165, 1.54) is 46.1 Å².